The van der Waals surface area contributed by atoms with Crippen molar-refractivity contribution < 1.29 is 19.2 Å². The van der Waals surface area contributed by atoms with Gasteiger partial charge in [0.2, 0.25) is 5.75 Å². The number of hydrogen-bond acceptors (Lipinski definition) is 8. The first-order valence-electron chi connectivity index (χ1n) is 12.1. The third kappa shape index (κ3) is 6.22. The van der Waals surface area contributed by atoms with Crippen LogP contribution in [0.5, 0.6) is 5.75 Å². The molecule has 37 heavy (non-hydrogen) atoms. The molecule has 10 nitrogen and oxygen atoms in total. The van der Waals surface area contributed by atoms with Crippen LogP contribution in [0.3, 0.4) is 0 Å². The Bertz CT molecular complexity index is 1410. The minimum Gasteiger partial charge on any atom is -0.474 e. The van der Waals surface area contributed by atoms with Gasteiger partial charge in [0.25, 0.3) is 5.56 Å². The summed E-state index contributed by atoms with van der Waals surface area (Å²) in [7, 11) is 0. The lowest BCUT2D eigenvalue weighted by molar-refractivity contribution is -0.385. The van der Waals surface area contributed by atoms with Gasteiger partial charge in [0.1, 0.15) is 5.82 Å². The average molecular weight is 571 g/mol. The molecule has 1 fully saturated rings. The van der Waals surface area contributed by atoms with E-state index in [0.29, 0.717) is 22.3 Å². The maximum Gasteiger partial charge on any atom is 0.344 e. The molecule has 0 amide bonds. The van der Waals surface area contributed by atoms with E-state index in [-0.39, 0.29) is 33.5 Å². The number of aromatic nitrogens is 2. The number of halogens is 1. The Hall–Kier alpha value is -3.60. The smallest absolute Gasteiger partial charge is 0.344 e. The topological polar surface area (TPSA) is 126 Å². The van der Waals surface area contributed by atoms with Gasteiger partial charge in [0.05, 0.1) is 32.6 Å². The Labute approximate surface area is 221 Å². The van der Waals surface area contributed by atoms with Crippen LogP contribution in [0.15, 0.2) is 50.8 Å². The molecule has 1 heterocycles. The average Bonchev–Trinajstić information content (AvgIpc) is 2.87. The van der Waals surface area contributed by atoms with Crippen molar-refractivity contribution in [3.8, 4) is 5.75 Å². The molecule has 11 heteroatoms. The third-order valence-corrected chi connectivity index (χ3v) is 6.61. The number of hydrogen-bond donors (Lipinski definition) is 0. The van der Waals surface area contributed by atoms with Crippen molar-refractivity contribution in [2.24, 2.45) is 5.10 Å². The van der Waals surface area contributed by atoms with E-state index in [1.165, 1.54) is 17.0 Å². The Kier molecular flexibility index (Phi) is 8.32. The summed E-state index contributed by atoms with van der Waals surface area (Å²) in [5.74, 6) is -0.0435. The highest BCUT2D eigenvalue weighted by molar-refractivity contribution is 9.10. The number of fused-ring (bicyclic) bond motifs is 1. The molecule has 0 saturated heterocycles. The fourth-order valence-corrected chi connectivity index (χ4v) is 4.96. The summed E-state index contributed by atoms with van der Waals surface area (Å²) in [6, 6.07) is 9.98. The first-order chi connectivity index (χ1) is 17.7. The second kappa shape index (κ2) is 11.6. The van der Waals surface area contributed by atoms with Crippen molar-refractivity contribution in [1.82, 2.24) is 9.66 Å². The number of nitrogens with zero attached hydrogens (tertiary/aromatic N) is 4. The summed E-state index contributed by atoms with van der Waals surface area (Å²) in [4.78, 5) is 41.1. The number of ether oxygens (including phenoxy) is 2. The molecule has 0 bridgehead atoms. The standard InChI is InChI=1S/C26H27BrN4O6/c1-16(2)37-23(32)15-36-24-20(27)12-17(13-22(24)31(34)35)14-28-30-25(18-8-4-3-5-9-18)29-21-11-7-6-10-19(21)26(30)33/h6-7,10-14,16,18H,3-5,8-9,15H2,1-2H3. The van der Waals surface area contributed by atoms with Gasteiger partial charge in [-0.05, 0) is 60.8 Å². The van der Waals surface area contributed by atoms with Gasteiger partial charge in [-0.1, -0.05) is 31.4 Å². The molecule has 0 unspecified atom stereocenters. The van der Waals surface area contributed by atoms with Crippen LogP contribution in [-0.4, -0.2) is 39.5 Å². The van der Waals surface area contributed by atoms with Crippen LogP contribution >= 0.6 is 15.9 Å². The number of nitro groups is 1. The van der Waals surface area contributed by atoms with Crippen molar-refractivity contribution in [1.29, 1.82) is 0 Å². The third-order valence-electron chi connectivity index (χ3n) is 6.02. The van der Waals surface area contributed by atoms with Crippen LogP contribution < -0.4 is 10.3 Å². The highest BCUT2D eigenvalue weighted by Gasteiger charge is 2.24. The highest BCUT2D eigenvalue weighted by atomic mass is 79.9. The second-order valence-electron chi connectivity index (χ2n) is 9.12. The van der Waals surface area contributed by atoms with Crippen molar-refractivity contribution >= 4 is 44.7 Å². The molecule has 4 rings (SSSR count). The summed E-state index contributed by atoms with van der Waals surface area (Å²) >= 11 is 3.29. The van der Waals surface area contributed by atoms with Gasteiger partial charge in [-0.2, -0.15) is 9.78 Å². The quantitative estimate of drug-likeness (QED) is 0.155. The largest absolute Gasteiger partial charge is 0.474 e. The second-order valence-corrected chi connectivity index (χ2v) is 9.97. The summed E-state index contributed by atoms with van der Waals surface area (Å²) in [6.45, 7) is 2.91. The fraction of sp³-hybridized carbons (Fsp3) is 0.385. The lowest BCUT2D eigenvalue weighted by atomic mass is 9.88. The van der Waals surface area contributed by atoms with E-state index in [1.807, 2.05) is 12.1 Å². The minimum atomic E-state index is -0.639. The molecule has 0 spiro atoms. The maximum atomic E-state index is 13.4. The van der Waals surface area contributed by atoms with E-state index < -0.39 is 17.5 Å². The lowest BCUT2D eigenvalue weighted by Gasteiger charge is -2.22. The Morgan fingerprint density at radius 3 is 2.70 bits per heavy atom. The van der Waals surface area contributed by atoms with Gasteiger partial charge < -0.3 is 9.47 Å². The van der Waals surface area contributed by atoms with E-state index in [1.54, 1.807) is 32.0 Å². The van der Waals surface area contributed by atoms with Gasteiger partial charge in [-0.25, -0.2) is 9.78 Å². The molecular formula is C26H27BrN4O6. The van der Waals surface area contributed by atoms with Crippen molar-refractivity contribution in [3.63, 3.8) is 0 Å². The zero-order valence-corrected chi connectivity index (χ0v) is 22.1. The Morgan fingerprint density at radius 2 is 2.00 bits per heavy atom. The van der Waals surface area contributed by atoms with Gasteiger partial charge >= 0.3 is 11.7 Å². The Balaban J connectivity index is 1.71. The van der Waals surface area contributed by atoms with E-state index >= 15 is 0 Å². The van der Waals surface area contributed by atoms with Crippen molar-refractivity contribution in [2.75, 3.05) is 6.61 Å². The number of para-hydroxylation sites is 1. The van der Waals surface area contributed by atoms with Crippen molar-refractivity contribution in [2.45, 2.75) is 58.0 Å². The van der Waals surface area contributed by atoms with Gasteiger partial charge in [0.15, 0.2) is 6.61 Å². The predicted octanol–water partition coefficient (Wildman–Crippen LogP) is 5.33. The fourth-order valence-electron chi connectivity index (χ4n) is 4.38. The number of esters is 1. The molecule has 0 atom stereocenters. The van der Waals surface area contributed by atoms with Crippen LogP contribution in [0.25, 0.3) is 10.9 Å². The molecule has 1 aromatic heterocycles. The van der Waals surface area contributed by atoms with Crippen LogP contribution in [0, 0.1) is 10.1 Å². The molecular weight excluding hydrogens is 544 g/mol. The highest BCUT2D eigenvalue weighted by Crippen LogP contribution is 2.36. The maximum absolute atomic E-state index is 13.4. The van der Waals surface area contributed by atoms with Crippen LogP contribution in [0.1, 0.15) is 63.3 Å². The molecule has 0 aliphatic heterocycles. The minimum absolute atomic E-state index is 0.102. The summed E-state index contributed by atoms with van der Waals surface area (Å²) in [6.07, 6.45) is 6.16. The molecule has 3 aromatic rings. The van der Waals surface area contributed by atoms with Crippen LogP contribution in [0.2, 0.25) is 0 Å². The normalized spacial score (nSPS) is 14.4. The lowest BCUT2D eigenvalue weighted by Crippen LogP contribution is -2.25. The van der Waals surface area contributed by atoms with Crippen molar-refractivity contribution in [3.05, 3.63) is 72.7 Å². The molecule has 1 saturated carbocycles. The SMILES string of the molecule is CC(C)OC(=O)COc1c(Br)cc(C=Nn2c(C3CCCCC3)nc3ccccc3c2=O)cc1[N+](=O)[O-]. The van der Waals surface area contributed by atoms with E-state index in [4.69, 9.17) is 14.5 Å². The van der Waals surface area contributed by atoms with Crippen LogP contribution in [-0.2, 0) is 9.53 Å². The van der Waals surface area contributed by atoms with E-state index in [0.717, 1.165) is 32.1 Å². The van der Waals surface area contributed by atoms with Gasteiger partial charge in [-0.15, -0.1) is 0 Å². The summed E-state index contributed by atoms with van der Waals surface area (Å²) in [5.41, 5.74) is 0.338. The molecule has 0 radical (unpaired) electrons. The number of carbonyl (C=O) groups is 1. The molecule has 2 aromatic carbocycles. The number of carbonyl (C=O) groups excluding carboxylic acids is 1. The predicted molar refractivity (Wildman–Crippen MR) is 142 cm³/mol. The number of benzene rings is 2. The monoisotopic (exact) mass is 570 g/mol. The molecule has 1 aliphatic rings. The number of rotatable bonds is 8. The first-order valence-corrected chi connectivity index (χ1v) is 12.9. The molecule has 1 aliphatic carbocycles. The first kappa shape index (κ1) is 26.5. The summed E-state index contributed by atoms with van der Waals surface area (Å²) in [5, 5.41) is 16.6. The zero-order chi connectivity index (χ0) is 26.5. The van der Waals surface area contributed by atoms with Gasteiger partial charge in [0, 0.05) is 17.5 Å². The zero-order valence-electron chi connectivity index (χ0n) is 20.6. The molecule has 0 N–H and O–H groups in total. The summed E-state index contributed by atoms with van der Waals surface area (Å²) < 4.78 is 12.0. The van der Waals surface area contributed by atoms with E-state index in [9.17, 15) is 19.7 Å². The van der Waals surface area contributed by atoms with Crippen LogP contribution in [0.4, 0.5) is 5.69 Å². The van der Waals surface area contributed by atoms with E-state index in [2.05, 4.69) is 21.0 Å². The molecule has 194 valence electrons. The van der Waals surface area contributed by atoms with Gasteiger partial charge in [-0.3, -0.25) is 14.9 Å². The Morgan fingerprint density at radius 1 is 1.27 bits per heavy atom. The number of nitro benzene ring substituents is 1.